The van der Waals surface area contributed by atoms with Gasteiger partial charge in [-0.15, -0.1) is 0 Å². The molecule has 1 aromatic carbocycles. The lowest BCUT2D eigenvalue weighted by molar-refractivity contribution is -0.137. The fourth-order valence-corrected chi connectivity index (χ4v) is 0.998. The van der Waals surface area contributed by atoms with Crippen LogP contribution < -0.4 is 5.73 Å². The fourth-order valence-electron chi connectivity index (χ4n) is 0.998. The van der Waals surface area contributed by atoms with Gasteiger partial charge in [-0.25, -0.2) is 0 Å². The zero-order valence-corrected chi connectivity index (χ0v) is 7.06. The first-order valence-corrected chi connectivity index (χ1v) is 3.65. The van der Waals surface area contributed by atoms with E-state index in [1.165, 1.54) is 6.07 Å². The summed E-state index contributed by atoms with van der Waals surface area (Å²) in [4.78, 5) is 10.7. The van der Waals surface area contributed by atoms with Crippen molar-refractivity contribution < 1.29 is 18.0 Å². The first-order chi connectivity index (χ1) is 6.30. The van der Waals surface area contributed by atoms with E-state index >= 15 is 0 Å². The highest BCUT2D eigenvalue weighted by molar-refractivity contribution is 5.93. The first kappa shape index (κ1) is 10.6. The lowest BCUT2D eigenvalue weighted by Gasteiger charge is -2.08. The number of hydrogen-bond acceptors (Lipinski definition) is 1. The Kier molecular flexibility index (Phi) is 2.51. The highest BCUT2D eigenvalue weighted by atomic mass is 19.4. The number of amides is 1. The molecule has 5 heteroatoms. The topological polar surface area (TPSA) is 43.1 Å². The average molecular weight is 202 g/mol. The molecule has 2 N–H and O–H groups in total. The highest BCUT2D eigenvalue weighted by Gasteiger charge is 2.31. The van der Waals surface area contributed by atoms with Gasteiger partial charge in [0.05, 0.1) is 5.56 Å². The summed E-state index contributed by atoms with van der Waals surface area (Å²) in [7, 11) is 0. The summed E-state index contributed by atoms with van der Waals surface area (Å²) in [5.41, 5.74) is 3.86. The Labute approximate surface area is 78.5 Å². The molecule has 75 valence electrons. The zero-order valence-electron chi connectivity index (χ0n) is 7.06. The van der Waals surface area contributed by atoms with Crippen molar-refractivity contribution in [3.63, 3.8) is 0 Å². The van der Waals surface area contributed by atoms with Gasteiger partial charge in [0.1, 0.15) is 0 Å². The second-order valence-electron chi connectivity index (χ2n) is 2.78. The third-order valence-electron chi connectivity index (χ3n) is 1.60. The molecule has 0 saturated carbocycles. The second-order valence-corrected chi connectivity index (χ2v) is 2.78. The van der Waals surface area contributed by atoms with Crippen molar-refractivity contribution in [3.8, 4) is 0 Å². The minimum absolute atomic E-state index is 0.105. The quantitative estimate of drug-likeness (QED) is 0.743. The number of hydrogen-bond donors (Lipinski definition) is 1. The Bertz CT molecular complexity index is 371. The third kappa shape index (κ3) is 2.25. The number of carbonyl (C=O) groups is 1. The maximum absolute atomic E-state index is 12.2. The van der Waals surface area contributed by atoms with Gasteiger partial charge in [-0.1, -0.05) is 0 Å². The maximum Gasteiger partial charge on any atom is 0.416 e. The molecule has 0 aliphatic rings. The number of nitrogens with two attached hydrogens (primary N) is 1. The van der Waals surface area contributed by atoms with Crippen LogP contribution in [0.2, 0.25) is 0 Å². The van der Waals surface area contributed by atoms with Crippen molar-refractivity contribution in [2.45, 2.75) is 6.18 Å². The molecule has 0 heterocycles. The molecule has 1 radical (unpaired) electrons. The molecular weight excluding hydrogens is 195 g/mol. The largest absolute Gasteiger partial charge is 0.416 e. The minimum atomic E-state index is -4.49. The molecule has 2 nitrogen and oxygen atoms in total. The van der Waals surface area contributed by atoms with Crippen molar-refractivity contribution in [2.24, 2.45) is 5.73 Å². The Balaban J connectivity index is 3.28. The van der Waals surface area contributed by atoms with E-state index in [0.29, 0.717) is 6.07 Å². The molecule has 14 heavy (non-hydrogen) atoms. The van der Waals surface area contributed by atoms with E-state index in [2.05, 4.69) is 6.92 Å². The van der Waals surface area contributed by atoms with Gasteiger partial charge in [0.2, 0.25) is 5.91 Å². The van der Waals surface area contributed by atoms with Crippen molar-refractivity contribution in [1.29, 1.82) is 0 Å². The van der Waals surface area contributed by atoms with Gasteiger partial charge >= 0.3 is 6.18 Å². The number of rotatable bonds is 1. The summed E-state index contributed by atoms with van der Waals surface area (Å²) < 4.78 is 36.7. The summed E-state index contributed by atoms with van der Waals surface area (Å²) in [6.07, 6.45) is -4.49. The van der Waals surface area contributed by atoms with Crippen LogP contribution >= 0.6 is 0 Å². The summed E-state index contributed by atoms with van der Waals surface area (Å²) in [6, 6.07) is 2.76. The van der Waals surface area contributed by atoms with Gasteiger partial charge in [-0.2, -0.15) is 13.2 Å². The minimum Gasteiger partial charge on any atom is -0.366 e. The average Bonchev–Trinajstić information content (AvgIpc) is 2.01. The predicted octanol–water partition coefficient (Wildman–Crippen LogP) is 1.99. The van der Waals surface area contributed by atoms with Gasteiger partial charge in [0, 0.05) is 5.56 Å². The van der Waals surface area contributed by atoms with Gasteiger partial charge in [-0.05, 0) is 30.7 Å². The molecule has 0 aromatic heterocycles. The highest BCUT2D eigenvalue weighted by Crippen LogP contribution is 2.30. The van der Waals surface area contributed by atoms with Crippen LogP contribution in [0.1, 0.15) is 21.5 Å². The van der Waals surface area contributed by atoms with Crippen LogP contribution in [0.15, 0.2) is 18.2 Å². The van der Waals surface area contributed by atoms with Crippen molar-refractivity contribution in [1.82, 2.24) is 0 Å². The van der Waals surface area contributed by atoms with Crippen LogP contribution in [0, 0.1) is 6.92 Å². The summed E-state index contributed by atoms with van der Waals surface area (Å²) in [6.45, 7) is 3.33. The smallest absolute Gasteiger partial charge is 0.366 e. The van der Waals surface area contributed by atoms with Crippen LogP contribution in [0.25, 0.3) is 0 Å². The van der Waals surface area contributed by atoms with Crippen LogP contribution in [0.4, 0.5) is 13.2 Å². The fraction of sp³-hybridized carbons (Fsp3) is 0.111. The van der Waals surface area contributed by atoms with Crippen LogP contribution in [0.5, 0.6) is 0 Å². The van der Waals surface area contributed by atoms with E-state index in [1.54, 1.807) is 0 Å². The Morgan fingerprint density at radius 3 is 2.29 bits per heavy atom. The molecular formula is C9H7F3NO. The Morgan fingerprint density at radius 1 is 1.29 bits per heavy atom. The van der Waals surface area contributed by atoms with E-state index in [0.717, 1.165) is 6.07 Å². The molecule has 1 amide bonds. The van der Waals surface area contributed by atoms with E-state index in [1.807, 2.05) is 0 Å². The number of alkyl halides is 3. The third-order valence-corrected chi connectivity index (χ3v) is 1.60. The van der Waals surface area contributed by atoms with E-state index < -0.39 is 17.6 Å². The van der Waals surface area contributed by atoms with E-state index in [4.69, 9.17) is 5.73 Å². The van der Waals surface area contributed by atoms with Gasteiger partial charge < -0.3 is 5.73 Å². The summed E-state index contributed by atoms with van der Waals surface area (Å²) >= 11 is 0. The van der Waals surface area contributed by atoms with Crippen LogP contribution in [-0.2, 0) is 6.18 Å². The molecule has 0 aliphatic carbocycles. The lowest BCUT2D eigenvalue weighted by Crippen LogP contribution is -2.14. The van der Waals surface area contributed by atoms with Crippen molar-refractivity contribution in [3.05, 3.63) is 41.8 Å². The molecule has 1 aromatic rings. The standard InChI is InChI=1S/C9H7F3NO/c1-5-2-6(8(13)14)4-7(3-5)9(10,11)12/h2-4H,1H2,(H2,13,14). The number of carbonyl (C=O) groups excluding carboxylic acids is 1. The second kappa shape index (κ2) is 3.32. The Morgan fingerprint density at radius 2 is 1.86 bits per heavy atom. The van der Waals surface area contributed by atoms with Crippen molar-refractivity contribution in [2.75, 3.05) is 0 Å². The van der Waals surface area contributed by atoms with Gasteiger partial charge in [0.25, 0.3) is 0 Å². The molecule has 0 bridgehead atoms. The first-order valence-electron chi connectivity index (χ1n) is 3.65. The normalized spacial score (nSPS) is 11.4. The number of halogens is 3. The maximum atomic E-state index is 12.2. The molecule has 0 spiro atoms. The molecule has 0 aliphatic heterocycles. The van der Waals surface area contributed by atoms with E-state index in [-0.39, 0.29) is 11.1 Å². The Hall–Kier alpha value is -1.52. The molecule has 0 saturated heterocycles. The summed E-state index contributed by atoms with van der Waals surface area (Å²) in [5.74, 6) is -0.902. The SMILES string of the molecule is [CH2]c1cc(C(N)=O)cc(C(F)(F)F)c1. The summed E-state index contributed by atoms with van der Waals surface area (Å²) in [5, 5.41) is 0. The molecule has 0 atom stereocenters. The number of benzene rings is 1. The predicted molar refractivity (Wildman–Crippen MR) is 44.4 cm³/mol. The van der Waals surface area contributed by atoms with Crippen molar-refractivity contribution >= 4 is 5.91 Å². The van der Waals surface area contributed by atoms with Crippen LogP contribution in [-0.4, -0.2) is 5.91 Å². The van der Waals surface area contributed by atoms with Crippen LogP contribution in [0.3, 0.4) is 0 Å². The van der Waals surface area contributed by atoms with Gasteiger partial charge in [-0.3, -0.25) is 4.79 Å². The van der Waals surface area contributed by atoms with Gasteiger partial charge in [0.15, 0.2) is 0 Å². The lowest BCUT2D eigenvalue weighted by atomic mass is 10.1. The monoisotopic (exact) mass is 202 g/mol. The molecule has 0 unspecified atom stereocenters. The molecule has 0 fully saturated rings. The molecule has 1 rings (SSSR count). The zero-order chi connectivity index (χ0) is 10.9. The van der Waals surface area contributed by atoms with E-state index in [9.17, 15) is 18.0 Å². The number of primary amides is 1.